The Kier molecular flexibility index (Phi) is 5.06. The fourth-order valence-electron chi connectivity index (χ4n) is 1.09. The molecule has 0 bridgehead atoms. The van der Waals surface area contributed by atoms with Gasteiger partial charge in [0, 0.05) is 15.3 Å². The predicted octanol–water partition coefficient (Wildman–Crippen LogP) is 3.55. The van der Waals surface area contributed by atoms with Crippen molar-refractivity contribution in [3.63, 3.8) is 0 Å². The highest BCUT2D eigenvalue weighted by Gasteiger charge is 2.25. The van der Waals surface area contributed by atoms with Crippen molar-refractivity contribution in [3.05, 3.63) is 27.7 Å². The Morgan fingerprint density at radius 1 is 1.41 bits per heavy atom. The van der Waals surface area contributed by atoms with Crippen molar-refractivity contribution >= 4 is 53.5 Å². The van der Waals surface area contributed by atoms with Crippen LogP contribution < -0.4 is 4.72 Å². The van der Waals surface area contributed by atoms with Crippen LogP contribution in [0.3, 0.4) is 0 Å². The minimum Gasteiger partial charge on any atom is -0.207 e. The SMILES string of the molecule is CC(C)(CBr)NS(=O)(=O)c1ccc(Cl)c(Br)c1. The highest BCUT2D eigenvalue weighted by molar-refractivity contribution is 9.10. The van der Waals surface area contributed by atoms with Crippen LogP contribution in [0.4, 0.5) is 0 Å². The summed E-state index contributed by atoms with van der Waals surface area (Å²) in [5.41, 5.74) is -0.551. The molecule has 0 amide bonds. The third kappa shape index (κ3) is 4.21. The first-order valence-electron chi connectivity index (χ1n) is 4.73. The molecule has 0 saturated carbocycles. The van der Waals surface area contributed by atoms with Crippen molar-refractivity contribution < 1.29 is 8.42 Å². The lowest BCUT2D eigenvalue weighted by atomic mass is 10.1. The Balaban J connectivity index is 3.10. The van der Waals surface area contributed by atoms with E-state index in [1.165, 1.54) is 12.1 Å². The van der Waals surface area contributed by atoms with Gasteiger partial charge in [0.2, 0.25) is 10.0 Å². The first-order chi connectivity index (χ1) is 7.68. The Hall–Kier alpha value is 0.380. The minimum absolute atomic E-state index is 0.183. The van der Waals surface area contributed by atoms with E-state index in [2.05, 4.69) is 36.6 Å². The van der Waals surface area contributed by atoms with E-state index in [0.29, 0.717) is 14.8 Å². The summed E-state index contributed by atoms with van der Waals surface area (Å²) in [6.45, 7) is 3.59. The van der Waals surface area contributed by atoms with Crippen molar-refractivity contribution in [1.82, 2.24) is 4.72 Å². The quantitative estimate of drug-likeness (QED) is 0.779. The molecule has 1 aromatic carbocycles. The van der Waals surface area contributed by atoms with Crippen LogP contribution in [0.5, 0.6) is 0 Å². The second-order valence-corrected chi connectivity index (χ2v) is 7.70. The first kappa shape index (κ1) is 15.4. The molecular weight excluding hydrogens is 393 g/mol. The van der Waals surface area contributed by atoms with Crippen LogP contribution in [0.2, 0.25) is 5.02 Å². The molecule has 17 heavy (non-hydrogen) atoms. The summed E-state index contributed by atoms with van der Waals surface area (Å²) in [4.78, 5) is 0.183. The number of hydrogen-bond acceptors (Lipinski definition) is 2. The van der Waals surface area contributed by atoms with Crippen molar-refractivity contribution in [2.75, 3.05) is 5.33 Å². The zero-order chi connectivity index (χ0) is 13.3. The number of sulfonamides is 1. The van der Waals surface area contributed by atoms with E-state index >= 15 is 0 Å². The summed E-state index contributed by atoms with van der Waals surface area (Å²) in [7, 11) is -3.54. The number of nitrogens with one attached hydrogen (secondary N) is 1. The largest absolute Gasteiger partial charge is 0.241 e. The Bertz CT molecular complexity index is 517. The Labute approximate surface area is 123 Å². The van der Waals surface area contributed by atoms with Crippen LogP contribution in [-0.4, -0.2) is 19.3 Å². The molecule has 0 radical (unpaired) electrons. The van der Waals surface area contributed by atoms with E-state index in [4.69, 9.17) is 11.6 Å². The topological polar surface area (TPSA) is 46.2 Å². The van der Waals surface area contributed by atoms with Gasteiger partial charge in [-0.05, 0) is 48.0 Å². The third-order valence-electron chi connectivity index (χ3n) is 1.95. The lowest BCUT2D eigenvalue weighted by molar-refractivity contribution is 0.500. The summed E-state index contributed by atoms with van der Waals surface area (Å²) < 4.78 is 27.3. The molecule has 1 aromatic rings. The lowest BCUT2D eigenvalue weighted by Crippen LogP contribution is -2.44. The monoisotopic (exact) mass is 403 g/mol. The second kappa shape index (κ2) is 5.57. The molecule has 0 unspecified atom stereocenters. The van der Waals surface area contributed by atoms with E-state index in [-0.39, 0.29) is 4.90 Å². The maximum atomic E-state index is 12.1. The van der Waals surface area contributed by atoms with E-state index in [9.17, 15) is 8.42 Å². The summed E-state index contributed by atoms with van der Waals surface area (Å²) in [6.07, 6.45) is 0. The second-order valence-electron chi connectivity index (χ2n) is 4.20. The molecule has 96 valence electrons. The maximum absolute atomic E-state index is 12.1. The molecule has 0 atom stereocenters. The molecule has 0 aromatic heterocycles. The lowest BCUT2D eigenvalue weighted by Gasteiger charge is -2.23. The van der Waals surface area contributed by atoms with Crippen molar-refractivity contribution in [1.29, 1.82) is 0 Å². The van der Waals surface area contributed by atoms with Gasteiger partial charge in [0.15, 0.2) is 0 Å². The zero-order valence-corrected chi connectivity index (χ0v) is 14.0. The van der Waals surface area contributed by atoms with E-state index < -0.39 is 15.6 Å². The summed E-state index contributed by atoms with van der Waals surface area (Å²) in [6, 6.07) is 4.50. The molecular formula is C10H12Br2ClNO2S. The van der Waals surface area contributed by atoms with Gasteiger partial charge in [0.1, 0.15) is 0 Å². The maximum Gasteiger partial charge on any atom is 0.241 e. The number of halogens is 3. The normalized spacial score (nSPS) is 12.8. The van der Waals surface area contributed by atoms with Crippen molar-refractivity contribution in [3.8, 4) is 0 Å². The van der Waals surface area contributed by atoms with Gasteiger partial charge in [-0.1, -0.05) is 27.5 Å². The van der Waals surface area contributed by atoms with E-state index in [1.54, 1.807) is 19.9 Å². The fraction of sp³-hybridized carbons (Fsp3) is 0.400. The van der Waals surface area contributed by atoms with Gasteiger partial charge >= 0.3 is 0 Å². The number of alkyl halides is 1. The molecule has 0 heterocycles. The molecule has 0 aliphatic carbocycles. The Morgan fingerprint density at radius 3 is 2.47 bits per heavy atom. The third-order valence-corrected chi connectivity index (χ3v) is 6.26. The number of rotatable bonds is 4. The highest BCUT2D eigenvalue weighted by Crippen LogP contribution is 2.26. The molecule has 7 heteroatoms. The molecule has 0 aliphatic rings. The highest BCUT2D eigenvalue weighted by atomic mass is 79.9. The van der Waals surface area contributed by atoms with Gasteiger partial charge in [0.05, 0.1) is 9.92 Å². The Morgan fingerprint density at radius 2 is 2.00 bits per heavy atom. The molecule has 0 spiro atoms. The minimum atomic E-state index is -3.54. The molecule has 1 N–H and O–H groups in total. The van der Waals surface area contributed by atoms with Crippen LogP contribution in [-0.2, 0) is 10.0 Å². The van der Waals surface area contributed by atoms with Crippen LogP contribution in [0.25, 0.3) is 0 Å². The molecule has 0 saturated heterocycles. The van der Waals surface area contributed by atoms with E-state index in [0.717, 1.165) is 0 Å². The van der Waals surface area contributed by atoms with Gasteiger partial charge in [-0.2, -0.15) is 0 Å². The standard InChI is InChI=1S/C10H12Br2ClNO2S/c1-10(2,6-11)14-17(15,16)7-3-4-9(13)8(12)5-7/h3-5,14H,6H2,1-2H3. The molecule has 1 rings (SSSR count). The number of benzene rings is 1. The predicted molar refractivity (Wildman–Crippen MR) is 77.3 cm³/mol. The van der Waals surface area contributed by atoms with Gasteiger partial charge < -0.3 is 0 Å². The van der Waals surface area contributed by atoms with Crippen LogP contribution in [0.1, 0.15) is 13.8 Å². The summed E-state index contributed by atoms with van der Waals surface area (Å²) in [5, 5.41) is 0.997. The molecule has 3 nitrogen and oxygen atoms in total. The van der Waals surface area contributed by atoms with Crippen molar-refractivity contribution in [2.24, 2.45) is 0 Å². The van der Waals surface area contributed by atoms with Gasteiger partial charge in [0.25, 0.3) is 0 Å². The van der Waals surface area contributed by atoms with Crippen LogP contribution in [0.15, 0.2) is 27.6 Å². The summed E-state index contributed by atoms with van der Waals surface area (Å²) >= 11 is 12.3. The first-order valence-corrected chi connectivity index (χ1v) is 8.50. The molecule has 0 aliphatic heterocycles. The smallest absolute Gasteiger partial charge is 0.207 e. The average molecular weight is 406 g/mol. The molecule has 0 fully saturated rings. The van der Waals surface area contributed by atoms with Crippen LogP contribution >= 0.6 is 43.5 Å². The van der Waals surface area contributed by atoms with Gasteiger partial charge in [-0.15, -0.1) is 0 Å². The van der Waals surface area contributed by atoms with Crippen molar-refractivity contribution in [2.45, 2.75) is 24.3 Å². The van der Waals surface area contributed by atoms with E-state index in [1.807, 2.05) is 0 Å². The fourth-order valence-corrected chi connectivity index (χ4v) is 3.51. The average Bonchev–Trinajstić information content (AvgIpc) is 2.20. The van der Waals surface area contributed by atoms with Gasteiger partial charge in [-0.25, -0.2) is 13.1 Å². The van der Waals surface area contributed by atoms with Crippen LogP contribution in [0, 0.1) is 0 Å². The van der Waals surface area contributed by atoms with Gasteiger partial charge in [-0.3, -0.25) is 0 Å². The number of hydrogen-bond donors (Lipinski definition) is 1. The summed E-state index contributed by atoms with van der Waals surface area (Å²) in [5.74, 6) is 0. The zero-order valence-electron chi connectivity index (χ0n) is 9.30.